The third-order valence-electron chi connectivity index (χ3n) is 4.13. The number of para-hydroxylation sites is 1. The van der Waals surface area contributed by atoms with Gasteiger partial charge in [-0.15, -0.1) is 0 Å². The second kappa shape index (κ2) is 6.95. The van der Waals surface area contributed by atoms with Crippen LogP contribution in [0, 0.1) is 0 Å². The number of dihydropyridines is 1. The minimum Gasteiger partial charge on any atom is -0.358 e. The molecule has 2 heteroatoms. The molecule has 0 saturated heterocycles. The average Bonchev–Trinajstić information content (AvgIpc) is 2.46. The van der Waals surface area contributed by atoms with Crippen LogP contribution in [0.1, 0.15) is 64.5 Å². The number of allylic oxidation sites excluding steroid dienone is 2. The SMILES string of the molecule is CC1=CC(=C(C)Nc2c(C(C)C)cccc2C(C)C)CN=C1. The van der Waals surface area contributed by atoms with Crippen LogP contribution >= 0.6 is 0 Å². The van der Waals surface area contributed by atoms with Crippen LogP contribution in [0.4, 0.5) is 5.69 Å². The molecule has 0 radical (unpaired) electrons. The molecule has 1 aliphatic rings. The molecule has 0 atom stereocenters. The summed E-state index contributed by atoms with van der Waals surface area (Å²) in [5.74, 6) is 1.00. The zero-order valence-corrected chi connectivity index (χ0v) is 14.7. The Hall–Kier alpha value is -1.83. The van der Waals surface area contributed by atoms with Crippen molar-refractivity contribution in [3.63, 3.8) is 0 Å². The molecular formula is C20H28N2. The van der Waals surface area contributed by atoms with Crippen molar-refractivity contribution in [1.29, 1.82) is 0 Å². The highest BCUT2D eigenvalue weighted by molar-refractivity contribution is 5.80. The maximum atomic E-state index is 4.43. The first kappa shape index (κ1) is 16.5. The molecule has 1 aliphatic heterocycles. The number of benzene rings is 1. The molecule has 2 nitrogen and oxygen atoms in total. The van der Waals surface area contributed by atoms with Crippen LogP contribution in [-0.4, -0.2) is 12.8 Å². The molecule has 0 unspecified atom stereocenters. The Balaban J connectivity index is 2.44. The second-order valence-corrected chi connectivity index (χ2v) is 6.75. The van der Waals surface area contributed by atoms with Crippen LogP contribution in [0.3, 0.4) is 0 Å². The van der Waals surface area contributed by atoms with Crippen LogP contribution in [-0.2, 0) is 0 Å². The van der Waals surface area contributed by atoms with Crippen molar-refractivity contribution >= 4 is 11.9 Å². The lowest BCUT2D eigenvalue weighted by Crippen LogP contribution is -2.09. The summed E-state index contributed by atoms with van der Waals surface area (Å²) < 4.78 is 0. The van der Waals surface area contributed by atoms with Crippen molar-refractivity contribution in [2.24, 2.45) is 4.99 Å². The molecule has 0 amide bonds. The van der Waals surface area contributed by atoms with Gasteiger partial charge in [0, 0.05) is 17.6 Å². The smallest absolute Gasteiger partial charge is 0.0656 e. The van der Waals surface area contributed by atoms with E-state index in [1.807, 2.05) is 6.21 Å². The van der Waals surface area contributed by atoms with E-state index < -0.39 is 0 Å². The van der Waals surface area contributed by atoms with Crippen molar-refractivity contribution in [3.8, 4) is 0 Å². The Morgan fingerprint density at radius 1 is 1.09 bits per heavy atom. The summed E-state index contributed by atoms with van der Waals surface area (Å²) >= 11 is 0. The lowest BCUT2D eigenvalue weighted by atomic mass is 9.92. The Morgan fingerprint density at radius 2 is 1.68 bits per heavy atom. The number of nitrogens with zero attached hydrogens (tertiary/aromatic N) is 1. The van der Waals surface area contributed by atoms with E-state index in [9.17, 15) is 0 Å². The first-order valence-corrected chi connectivity index (χ1v) is 8.17. The van der Waals surface area contributed by atoms with Gasteiger partial charge in [-0.3, -0.25) is 4.99 Å². The van der Waals surface area contributed by atoms with E-state index in [1.165, 1.54) is 33.7 Å². The molecule has 1 heterocycles. The second-order valence-electron chi connectivity index (χ2n) is 6.75. The number of hydrogen-bond donors (Lipinski definition) is 1. The van der Waals surface area contributed by atoms with Crippen LogP contribution in [0.15, 0.2) is 46.1 Å². The van der Waals surface area contributed by atoms with Gasteiger partial charge < -0.3 is 5.32 Å². The van der Waals surface area contributed by atoms with E-state index >= 15 is 0 Å². The summed E-state index contributed by atoms with van der Waals surface area (Å²) in [6.45, 7) is 14.0. The highest BCUT2D eigenvalue weighted by Gasteiger charge is 2.15. The monoisotopic (exact) mass is 296 g/mol. The minimum atomic E-state index is 0.501. The Labute approximate surface area is 135 Å². The third-order valence-corrected chi connectivity index (χ3v) is 4.13. The van der Waals surface area contributed by atoms with E-state index in [0.717, 1.165) is 6.54 Å². The lowest BCUT2D eigenvalue weighted by molar-refractivity contribution is 0.836. The Kier molecular flexibility index (Phi) is 5.23. The number of hydrogen-bond acceptors (Lipinski definition) is 2. The molecule has 1 aromatic rings. The lowest BCUT2D eigenvalue weighted by Gasteiger charge is -2.22. The van der Waals surface area contributed by atoms with Crippen LogP contribution in [0.25, 0.3) is 0 Å². The average molecular weight is 296 g/mol. The van der Waals surface area contributed by atoms with Gasteiger partial charge in [-0.05, 0) is 48.0 Å². The molecule has 0 bridgehead atoms. The molecule has 1 N–H and O–H groups in total. The van der Waals surface area contributed by atoms with Crippen molar-refractivity contribution in [2.45, 2.75) is 53.4 Å². The van der Waals surface area contributed by atoms with Crippen LogP contribution < -0.4 is 5.32 Å². The molecule has 0 spiro atoms. The fraction of sp³-hybridized carbons (Fsp3) is 0.450. The van der Waals surface area contributed by atoms with Gasteiger partial charge in [0.2, 0.25) is 0 Å². The molecule has 118 valence electrons. The first-order chi connectivity index (χ1) is 10.4. The van der Waals surface area contributed by atoms with Gasteiger partial charge in [-0.2, -0.15) is 0 Å². The number of aliphatic imine (C=N–C) groups is 1. The van der Waals surface area contributed by atoms with E-state index in [0.29, 0.717) is 11.8 Å². The summed E-state index contributed by atoms with van der Waals surface area (Å²) in [7, 11) is 0. The standard InChI is InChI=1S/C20H28N2/c1-13(2)18-8-7-9-19(14(3)4)20(18)22-16(6)17-10-15(5)11-21-12-17/h7-11,13-14,22H,12H2,1-6H3. The molecule has 2 rings (SSSR count). The van der Waals surface area contributed by atoms with Gasteiger partial charge in [-0.1, -0.05) is 52.0 Å². The predicted octanol–water partition coefficient (Wildman–Crippen LogP) is 5.65. The zero-order chi connectivity index (χ0) is 16.3. The van der Waals surface area contributed by atoms with Crippen LogP contribution in [0.5, 0.6) is 0 Å². The summed E-state index contributed by atoms with van der Waals surface area (Å²) in [4.78, 5) is 4.43. The van der Waals surface area contributed by atoms with Crippen molar-refractivity contribution < 1.29 is 0 Å². The number of nitrogens with one attached hydrogen (secondary N) is 1. The van der Waals surface area contributed by atoms with Crippen molar-refractivity contribution in [3.05, 3.63) is 52.2 Å². The fourth-order valence-electron chi connectivity index (χ4n) is 2.84. The van der Waals surface area contributed by atoms with Crippen molar-refractivity contribution in [2.75, 3.05) is 11.9 Å². The fourth-order valence-corrected chi connectivity index (χ4v) is 2.84. The van der Waals surface area contributed by atoms with Crippen LogP contribution in [0.2, 0.25) is 0 Å². The molecular weight excluding hydrogens is 268 g/mol. The minimum absolute atomic E-state index is 0.501. The Bertz CT molecular complexity index is 605. The van der Waals surface area contributed by atoms with Gasteiger partial charge in [0.05, 0.1) is 6.54 Å². The maximum Gasteiger partial charge on any atom is 0.0656 e. The normalized spacial score (nSPS) is 17.0. The number of anilines is 1. The third kappa shape index (κ3) is 3.68. The molecule has 22 heavy (non-hydrogen) atoms. The van der Waals surface area contributed by atoms with E-state index in [4.69, 9.17) is 0 Å². The topological polar surface area (TPSA) is 24.4 Å². The largest absolute Gasteiger partial charge is 0.358 e. The molecule has 0 aromatic heterocycles. The highest BCUT2D eigenvalue weighted by atomic mass is 14.9. The molecule has 0 fully saturated rings. The van der Waals surface area contributed by atoms with Crippen molar-refractivity contribution in [1.82, 2.24) is 0 Å². The van der Waals surface area contributed by atoms with E-state index in [-0.39, 0.29) is 0 Å². The van der Waals surface area contributed by atoms with E-state index in [2.05, 4.69) is 76.1 Å². The number of rotatable bonds is 4. The molecule has 0 aliphatic carbocycles. The van der Waals surface area contributed by atoms with Gasteiger partial charge in [-0.25, -0.2) is 0 Å². The first-order valence-electron chi connectivity index (χ1n) is 8.17. The zero-order valence-electron chi connectivity index (χ0n) is 14.7. The molecule has 1 aromatic carbocycles. The Morgan fingerprint density at radius 3 is 2.18 bits per heavy atom. The quantitative estimate of drug-likeness (QED) is 0.762. The van der Waals surface area contributed by atoms with Gasteiger partial charge in [0.15, 0.2) is 0 Å². The predicted molar refractivity (Wildman–Crippen MR) is 98.1 cm³/mol. The summed E-state index contributed by atoms with van der Waals surface area (Å²) in [6, 6.07) is 6.64. The highest BCUT2D eigenvalue weighted by Crippen LogP contribution is 2.33. The van der Waals surface area contributed by atoms with Gasteiger partial charge in [0.1, 0.15) is 0 Å². The summed E-state index contributed by atoms with van der Waals surface area (Å²) in [5, 5.41) is 3.69. The molecule has 0 saturated carbocycles. The summed E-state index contributed by atoms with van der Waals surface area (Å²) in [6.07, 6.45) is 4.17. The van der Waals surface area contributed by atoms with E-state index in [1.54, 1.807) is 0 Å². The van der Waals surface area contributed by atoms with Gasteiger partial charge >= 0.3 is 0 Å². The maximum absolute atomic E-state index is 4.43. The van der Waals surface area contributed by atoms with Gasteiger partial charge in [0.25, 0.3) is 0 Å². The summed E-state index contributed by atoms with van der Waals surface area (Å²) in [5.41, 5.74) is 7.72.